The smallest absolute Gasteiger partial charge is 0.304 e. The SMILES string of the molecule is O=C(O)CCN1CCN(c2ccc(Cl)cc2)CC1. The van der Waals surface area contributed by atoms with Crippen LogP contribution in [0.25, 0.3) is 0 Å². The van der Waals surface area contributed by atoms with Crippen molar-refractivity contribution < 1.29 is 9.90 Å². The number of hydrogen-bond donors (Lipinski definition) is 1. The van der Waals surface area contributed by atoms with Crippen molar-refractivity contribution in [3.63, 3.8) is 0 Å². The Morgan fingerprint density at radius 3 is 2.33 bits per heavy atom. The Morgan fingerprint density at radius 2 is 1.78 bits per heavy atom. The number of benzene rings is 1. The van der Waals surface area contributed by atoms with Gasteiger partial charge in [-0.25, -0.2) is 0 Å². The first-order valence-corrected chi connectivity index (χ1v) is 6.47. The van der Waals surface area contributed by atoms with Crippen LogP contribution < -0.4 is 4.90 Å². The first kappa shape index (κ1) is 13.2. The number of aliphatic carboxylic acids is 1. The van der Waals surface area contributed by atoms with E-state index in [-0.39, 0.29) is 6.42 Å². The molecule has 0 aromatic heterocycles. The number of carboxylic acid groups (broad SMARTS) is 1. The molecule has 1 saturated heterocycles. The zero-order chi connectivity index (χ0) is 13.0. The van der Waals surface area contributed by atoms with Crippen LogP contribution in [0.2, 0.25) is 5.02 Å². The summed E-state index contributed by atoms with van der Waals surface area (Å²) in [7, 11) is 0. The fourth-order valence-electron chi connectivity index (χ4n) is 2.14. The molecular weight excluding hydrogens is 252 g/mol. The summed E-state index contributed by atoms with van der Waals surface area (Å²) in [6, 6.07) is 7.84. The summed E-state index contributed by atoms with van der Waals surface area (Å²) in [4.78, 5) is 15.0. The molecule has 0 spiro atoms. The molecular formula is C13H17ClN2O2. The van der Waals surface area contributed by atoms with Gasteiger partial charge in [0.05, 0.1) is 6.42 Å². The summed E-state index contributed by atoms with van der Waals surface area (Å²) in [5.74, 6) is -0.727. The molecule has 4 nitrogen and oxygen atoms in total. The predicted octanol–water partition coefficient (Wildman–Crippen LogP) is 1.94. The summed E-state index contributed by atoms with van der Waals surface area (Å²) >= 11 is 5.86. The van der Waals surface area contributed by atoms with Crippen molar-refractivity contribution in [2.75, 3.05) is 37.6 Å². The molecule has 0 amide bonds. The second kappa shape index (κ2) is 6.07. The van der Waals surface area contributed by atoms with Crippen LogP contribution in [0.3, 0.4) is 0 Å². The second-order valence-electron chi connectivity index (χ2n) is 4.45. The van der Waals surface area contributed by atoms with Crippen LogP contribution in [-0.2, 0) is 4.79 Å². The molecule has 1 aromatic rings. The van der Waals surface area contributed by atoms with Crippen LogP contribution >= 0.6 is 11.6 Å². The quantitative estimate of drug-likeness (QED) is 0.906. The molecule has 0 atom stereocenters. The Labute approximate surface area is 112 Å². The number of anilines is 1. The largest absolute Gasteiger partial charge is 0.481 e. The predicted molar refractivity (Wildman–Crippen MR) is 72.4 cm³/mol. The third-order valence-electron chi connectivity index (χ3n) is 3.21. The Hall–Kier alpha value is -1.26. The number of rotatable bonds is 4. The monoisotopic (exact) mass is 268 g/mol. The van der Waals surface area contributed by atoms with E-state index in [1.807, 2.05) is 24.3 Å². The number of hydrogen-bond acceptors (Lipinski definition) is 3. The van der Waals surface area contributed by atoms with Gasteiger partial charge in [0, 0.05) is 43.4 Å². The molecule has 0 aliphatic carbocycles. The summed E-state index contributed by atoms with van der Waals surface area (Å²) in [6.45, 7) is 4.33. The second-order valence-corrected chi connectivity index (χ2v) is 4.89. The van der Waals surface area contributed by atoms with Crippen LogP contribution in [0.1, 0.15) is 6.42 Å². The zero-order valence-electron chi connectivity index (χ0n) is 10.2. The molecule has 0 radical (unpaired) electrons. The van der Waals surface area contributed by atoms with E-state index >= 15 is 0 Å². The molecule has 2 rings (SSSR count). The fraction of sp³-hybridized carbons (Fsp3) is 0.462. The highest BCUT2D eigenvalue weighted by atomic mass is 35.5. The van der Waals surface area contributed by atoms with Crippen LogP contribution in [0, 0.1) is 0 Å². The van der Waals surface area contributed by atoms with Gasteiger partial charge in [-0.3, -0.25) is 9.69 Å². The molecule has 18 heavy (non-hydrogen) atoms. The summed E-state index contributed by atoms with van der Waals surface area (Å²) in [6.07, 6.45) is 0.223. The molecule has 1 heterocycles. The third kappa shape index (κ3) is 3.62. The average molecular weight is 269 g/mol. The van der Waals surface area contributed by atoms with Crippen molar-refractivity contribution >= 4 is 23.3 Å². The molecule has 5 heteroatoms. The van der Waals surface area contributed by atoms with Gasteiger partial charge in [0.15, 0.2) is 0 Å². The Balaban J connectivity index is 1.83. The van der Waals surface area contributed by atoms with E-state index in [0.29, 0.717) is 6.54 Å². The minimum absolute atomic E-state index is 0.223. The van der Waals surface area contributed by atoms with Gasteiger partial charge in [0.25, 0.3) is 0 Å². The summed E-state index contributed by atoms with van der Waals surface area (Å²) in [5.41, 5.74) is 1.18. The highest BCUT2D eigenvalue weighted by Crippen LogP contribution is 2.19. The number of halogens is 1. The lowest BCUT2D eigenvalue weighted by Gasteiger charge is -2.35. The minimum Gasteiger partial charge on any atom is -0.481 e. The van der Waals surface area contributed by atoms with E-state index < -0.39 is 5.97 Å². The Morgan fingerprint density at radius 1 is 1.17 bits per heavy atom. The average Bonchev–Trinajstić information content (AvgIpc) is 2.38. The summed E-state index contributed by atoms with van der Waals surface area (Å²) < 4.78 is 0. The van der Waals surface area contributed by atoms with Gasteiger partial charge in [-0.05, 0) is 24.3 Å². The molecule has 1 aliphatic rings. The normalized spacial score (nSPS) is 16.8. The van der Waals surface area contributed by atoms with Gasteiger partial charge in [0.2, 0.25) is 0 Å². The van der Waals surface area contributed by atoms with Gasteiger partial charge in [0.1, 0.15) is 0 Å². The minimum atomic E-state index is -0.727. The molecule has 1 aliphatic heterocycles. The van der Waals surface area contributed by atoms with Crippen molar-refractivity contribution in [1.29, 1.82) is 0 Å². The van der Waals surface area contributed by atoms with E-state index in [4.69, 9.17) is 16.7 Å². The molecule has 1 fully saturated rings. The first-order valence-electron chi connectivity index (χ1n) is 6.10. The van der Waals surface area contributed by atoms with E-state index in [0.717, 1.165) is 31.2 Å². The van der Waals surface area contributed by atoms with Gasteiger partial charge >= 0.3 is 5.97 Å². The highest BCUT2D eigenvalue weighted by Gasteiger charge is 2.17. The van der Waals surface area contributed by atoms with E-state index in [1.165, 1.54) is 5.69 Å². The van der Waals surface area contributed by atoms with E-state index in [2.05, 4.69) is 9.80 Å². The van der Waals surface area contributed by atoms with Crippen LogP contribution in [0.4, 0.5) is 5.69 Å². The van der Waals surface area contributed by atoms with Gasteiger partial charge in [-0.2, -0.15) is 0 Å². The highest BCUT2D eigenvalue weighted by molar-refractivity contribution is 6.30. The van der Waals surface area contributed by atoms with Crippen molar-refractivity contribution in [1.82, 2.24) is 4.90 Å². The summed E-state index contributed by atoms with van der Waals surface area (Å²) in [5, 5.41) is 9.40. The Kier molecular flexibility index (Phi) is 4.44. The van der Waals surface area contributed by atoms with E-state index in [1.54, 1.807) is 0 Å². The van der Waals surface area contributed by atoms with Crippen molar-refractivity contribution in [3.05, 3.63) is 29.3 Å². The van der Waals surface area contributed by atoms with E-state index in [9.17, 15) is 4.79 Å². The maximum atomic E-state index is 10.5. The topological polar surface area (TPSA) is 43.8 Å². The third-order valence-corrected chi connectivity index (χ3v) is 3.46. The van der Waals surface area contributed by atoms with Crippen LogP contribution in [0.5, 0.6) is 0 Å². The maximum absolute atomic E-state index is 10.5. The molecule has 0 unspecified atom stereocenters. The van der Waals surface area contributed by atoms with Crippen LogP contribution in [-0.4, -0.2) is 48.7 Å². The lowest BCUT2D eigenvalue weighted by molar-refractivity contribution is -0.137. The lowest BCUT2D eigenvalue weighted by Crippen LogP contribution is -2.46. The molecule has 98 valence electrons. The Bertz CT molecular complexity index is 400. The van der Waals surface area contributed by atoms with Crippen molar-refractivity contribution in [2.24, 2.45) is 0 Å². The molecule has 0 saturated carbocycles. The number of carbonyl (C=O) groups is 1. The number of nitrogens with zero attached hydrogens (tertiary/aromatic N) is 2. The molecule has 1 aromatic carbocycles. The number of carboxylic acids is 1. The maximum Gasteiger partial charge on any atom is 0.304 e. The van der Waals surface area contributed by atoms with Crippen molar-refractivity contribution in [2.45, 2.75) is 6.42 Å². The molecule has 1 N–H and O–H groups in total. The number of piperazine rings is 1. The fourth-order valence-corrected chi connectivity index (χ4v) is 2.26. The standard InChI is InChI=1S/C13H17ClN2O2/c14-11-1-3-12(4-2-11)16-9-7-15(8-10-16)6-5-13(17)18/h1-4H,5-10H2,(H,17,18). The van der Waals surface area contributed by atoms with Crippen LogP contribution in [0.15, 0.2) is 24.3 Å². The van der Waals surface area contributed by atoms with Gasteiger partial charge in [-0.1, -0.05) is 11.6 Å². The molecule has 0 bridgehead atoms. The van der Waals surface area contributed by atoms with Crippen molar-refractivity contribution in [3.8, 4) is 0 Å². The lowest BCUT2D eigenvalue weighted by atomic mass is 10.2. The van der Waals surface area contributed by atoms with Gasteiger partial charge in [-0.15, -0.1) is 0 Å². The first-order chi connectivity index (χ1) is 8.65. The van der Waals surface area contributed by atoms with Gasteiger partial charge < -0.3 is 10.0 Å². The zero-order valence-corrected chi connectivity index (χ0v) is 10.9.